The smallest absolute Gasteiger partial charge is 0.319 e. The van der Waals surface area contributed by atoms with Gasteiger partial charge in [-0.15, -0.1) is 0 Å². The molecule has 2 aromatic carbocycles. The number of anilines is 1. The molecule has 2 N–H and O–H groups in total. The lowest BCUT2D eigenvalue weighted by molar-refractivity contribution is 0.249. The quantitative estimate of drug-likeness (QED) is 0.703. The molecule has 0 aliphatic rings. The third-order valence-electron chi connectivity index (χ3n) is 4.12. The van der Waals surface area contributed by atoms with Gasteiger partial charge >= 0.3 is 6.03 Å². The first-order valence-electron chi connectivity index (χ1n) is 8.64. The molecule has 134 valence electrons. The van der Waals surface area contributed by atoms with Crippen molar-refractivity contribution in [3.63, 3.8) is 0 Å². The summed E-state index contributed by atoms with van der Waals surface area (Å²) in [5, 5.41) is 9.71. The minimum Gasteiger partial charge on any atom is -0.335 e. The summed E-state index contributed by atoms with van der Waals surface area (Å²) in [5.74, 6) is 0.992. The molecule has 2 amide bonds. The normalized spacial score (nSPS) is 11.8. The second-order valence-electron chi connectivity index (χ2n) is 6.27. The van der Waals surface area contributed by atoms with E-state index in [2.05, 4.69) is 20.8 Å². The maximum Gasteiger partial charge on any atom is 0.319 e. The van der Waals surface area contributed by atoms with E-state index in [-0.39, 0.29) is 12.1 Å². The summed E-state index contributed by atoms with van der Waals surface area (Å²) in [6.45, 7) is 6.02. The van der Waals surface area contributed by atoms with E-state index >= 15 is 0 Å². The fraction of sp³-hybridized carbons (Fsp3) is 0.250. The Balaban J connectivity index is 1.69. The summed E-state index contributed by atoms with van der Waals surface area (Å²) in [6, 6.07) is 15.2. The third-order valence-corrected chi connectivity index (χ3v) is 4.12. The predicted molar refractivity (Wildman–Crippen MR) is 102 cm³/mol. The van der Waals surface area contributed by atoms with Gasteiger partial charge in [0.25, 0.3) is 5.89 Å². The number of aromatic nitrogens is 2. The fourth-order valence-electron chi connectivity index (χ4n) is 2.35. The zero-order chi connectivity index (χ0) is 18.5. The Labute approximate surface area is 152 Å². The van der Waals surface area contributed by atoms with E-state index in [9.17, 15) is 4.79 Å². The summed E-state index contributed by atoms with van der Waals surface area (Å²) in [5.41, 5.74) is 3.58. The summed E-state index contributed by atoms with van der Waals surface area (Å²) < 4.78 is 5.36. The van der Waals surface area contributed by atoms with Gasteiger partial charge in [0, 0.05) is 22.9 Å². The van der Waals surface area contributed by atoms with Crippen LogP contribution in [0.3, 0.4) is 0 Å². The van der Waals surface area contributed by atoms with Gasteiger partial charge in [-0.3, -0.25) is 0 Å². The number of aryl methyl sites for hydroxylation is 1. The van der Waals surface area contributed by atoms with Crippen molar-refractivity contribution in [2.75, 3.05) is 5.32 Å². The first-order chi connectivity index (χ1) is 12.5. The minimum absolute atomic E-state index is 0.133. The zero-order valence-electron chi connectivity index (χ0n) is 15.1. The van der Waals surface area contributed by atoms with Crippen molar-refractivity contribution in [3.8, 4) is 22.8 Å². The number of hydrogen-bond acceptors (Lipinski definition) is 4. The van der Waals surface area contributed by atoms with E-state index in [1.807, 2.05) is 69.3 Å². The minimum atomic E-state index is -0.215. The van der Waals surface area contributed by atoms with Gasteiger partial charge in [-0.2, -0.15) is 4.98 Å². The van der Waals surface area contributed by atoms with Gasteiger partial charge in [0.15, 0.2) is 0 Å². The fourth-order valence-corrected chi connectivity index (χ4v) is 2.35. The molecule has 26 heavy (non-hydrogen) atoms. The zero-order valence-corrected chi connectivity index (χ0v) is 15.1. The van der Waals surface area contributed by atoms with Gasteiger partial charge in [-0.1, -0.05) is 29.8 Å². The Kier molecular flexibility index (Phi) is 5.31. The van der Waals surface area contributed by atoms with E-state index in [0.717, 1.165) is 17.5 Å². The first kappa shape index (κ1) is 17.7. The molecule has 0 spiro atoms. The van der Waals surface area contributed by atoms with Crippen LogP contribution in [0, 0.1) is 6.92 Å². The molecule has 6 heteroatoms. The van der Waals surface area contributed by atoms with Crippen molar-refractivity contribution in [2.45, 2.75) is 33.2 Å². The van der Waals surface area contributed by atoms with E-state index in [0.29, 0.717) is 17.4 Å². The van der Waals surface area contributed by atoms with Crippen molar-refractivity contribution in [1.29, 1.82) is 0 Å². The number of nitrogens with zero attached hydrogens (tertiary/aromatic N) is 2. The predicted octanol–water partition coefficient (Wildman–Crippen LogP) is 4.63. The van der Waals surface area contributed by atoms with Crippen molar-refractivity contribution >= 4 is 11.7 Å². The van der Waals surface area contributed by atoms with Crippen molar-refractivity contribution < 1.29 is 9.32 Å². The Morgan fingerprint density at radius 2 is 1.73 bits per heavy atom. The van der Waals surface area contributed by atoms with Gasteiger partial charge in [0.1, 0.15) is 0 Å². The highest BCUT2D eigenvalue weighted by atomic mass is 16.5. The van der Waals surface area contributed by atoms with Gasteiger partial charge in [-0.05, 0) is 56.7 Å². The molecule has 3 aromatic rings. The Morgan fingerprint density at radius 1 is 1.08 bits per heavy atom. The lowest BCUT2D eigenvalue weighted by atomic mass is 10.1. The highest BCUT2D eigenvalue weighted by Gasteiger charge is 2.11. The van der Waals surface area contributed by atoms with Crippen LogP contribution in [-0.2, 0) is 0 Å². The van der Waals surface area contributed by atoms with Crippen LogP contribution in [0.25, 0.3) is 22.8 Å². The van der Waals surface area contributed by atoms with E-state index in [1.165, 1.54) is 5.56 Å². The number of urea groups is 1. The van der Waals surface area contributed by atoms with E-state index < -0.39 is 0 Å². The van der Waals surface area contributed by atoms with Crippen LogP contribution in [0.5, 0.6) is 0 Å². The lowest BCUT2D eigenvalue weighted by Crippen LogP contribution is -2.35. The number of nitrogens with one attached hydrogen (secondary N) is 2. The lowest BCUT2D eigenvalue weighted by Gasteiger charge is -2.12. The topological polar surface area (TPSA) is 80.0 Å². The van der Waals surface area contributed by atoms with Gasteiger partial charge in [-0.25, -0.2) is 4.79 Å². The van der Waals surface area contributed by atoms with Crippen LogP contribution in [0.2, 0.25) is 0 Å². The van der Waals surface area contributed by atoms with Crippen LogP contribution >= 0.6 is 0 Å². The van der Waals surface area contributed by atoms with Crippen LogP contribution in [0.1, 0.15) is 25.8 Å². The highest BCUT2D eigenvalue weighted by Crippen LogP contribution is 2.23. The van der Waals surface area contributed by atoms with Gasteiger partial charge in [0.2, 0.25) is 5.82 Å². The van der Waals surface area contributed by atoms with E-state index in [4.69, 9.17) is 4.52 Å². The third kappa shape index (κ3) is 4.27. The molecular formula is C20H22N4O2. The molecule has 0 aliphatic carbocycles. The molecule has 1 unspecified atom stereocenters. The molecule has 0 saturated carbocycles. The monoisotopic (exact) mass is 350 g/mol. The molecule has 1 atom stereocenters. The standard InChI is InChI=1S/C20H22N4O2/c1-4-14(3)21-20(25)22-17-11-9-15(10-12-17)18-23-19(26-24-18)16-7-5-13(2)6-8-16/h5-12,14H,4H2,1-3H3,(H2,21,22,25). The molecule has 6 nitrogen and oxygen atoms in total. The maximum atomic E-state index is 11.9. The average molecular weight is 350 g/mol. The van der Waals surface area contributed by atoms with E-state index in [1.54, 1.807) is 0 Å². The SMILES string of the molecule is CCC(C)NC(=O)Nc1ccc(-c2noc(-c3ccc(C)cc3)n2)cc1. The van der Waals surface area contributed by atoms with Crippen LogP contribution in [0.4, 0.5) is 10.5 Å². The molecular weight excluding hydrogens is 328 g/mol. The molecule has 1 heterocycles. The first-order valence-corrected chi connectivity index (χ1v) is 8.64. The van der Waals surface area contributed by atoms with Gasteiger partial charge in [0.05, 0.1) is 0 Å². The summed E-state index contributed by atoms with van der Waals surface area (Å²) in [7, 11) is 0. The Hall–Kier alpha value is -3.15. The van der Waals surface area contributed by atoms with Gasteiger partial charge < -0.3 is 15.2 Å². The number of hydrogen-bond donors (Lipinski definition) is 2. The molecule has 3 rings (SSSR count). The molecule has 1 aromatic heterocycles. The molecule has 0 aliphatic heterocycles. The molecule has 0 saturated heterocycles. The summed E-state index contributed by atoms with van der Waals surface area (Å²) in [4.78, 5) is 16.3. The highest BCUT2D eigenvalue weighted by molar-refractivity contribution is 5.89. The second-order valence-corrected chi connectivity index (χ2v) is 6.27. The van der Waals surface area contributed by atoms with Crippen molar-refractivity contribution in [2.24, 2.45) is 0 Å². The number of carbonyl (C=O) groups is 1. The Morgan fingerprint density at radius 3 is 2.38 bits per heavy atom. The number of carbonyl (C=O) groups excluding carboxylic acids is 1. The summed E-state index contributed by atoms with van der Waals surface area (Å²) in [6.07, 6.45) is 0.882. The number of benzene rings is 2. The number of rotatable bonds is 5. The van der Waals surface area contributed by atoms with Crippen molar-refractivity contribution in [1.82, 2.24) is 15.5 Å². The maximum absolute atomic E-state index is 11.9. The largest absolute Gasteiger partial charge is 0.335 e. The van der Waals surface area contributed by atoms with Crippen molar-refractivity contribution in [3.05, 3.63) is 54.1 Å². The molecule has 0 fully saturated rings. The summed E-state index contributed by atoms with van der Waals surface area (Å²) >= 11 is 0. The molecule has 0 radical (unpaired) electrons. The second kappa shape index (κ2) is 7.82. The average Bonchev–Trinajstić information content (AvgIpc) is 3.13. The molecule has 0 bridgehead atoms. The Bertz CT molecular complexity index is 870. The van der Waals surface area contributed by atoms with Crippen LogP contribution < -0.4 is 10.6 Å². The number of amides is 2. The van der Waals surface area contributed by atoms with Crippen LogP contribution in [-0.4, -0.2) is 22.2 Å². The van der Waals surface area contributed by atoms with Crippen LogP contribution in [0.15, 0.2) is 53.1 Å².